The van der Waals surface area contributed by atoms with E-state index in [0.717, 1.165) is 4.90 Å². The van der Waals surface area contributed by atoms with Gasteiger partial charge in [0.1, 0.15) is 11.7 Å². The first-order valence-electron chi connectivity index (χ1n) is 5.33. The molecule has 2 rings (SSSR count). The van der Waals surface area contributed by atoms with Crippen LogP contribution in [0.5, 0.6) is 0 Å². The summed E-state index contributed by atoms with van der Waals surface area (Å²) in [5, 5.41) is 18.5. The minimum atomic E-state index is -1.12. The lowest BCUT2D eigenvalue weighted by Crippen LogP contribution is -2.41. The number of rotatable bonds is 2. The highest BCUT2D eigenvalue weighted by atomic mass is 79.9. The second-order valence-corrected chi connectivity index (χ2v) is 4.89. The van der Waals surface area contributed by atoms with Gasteiger partial charge in [-0.15, -0.1) is 0 Å². The minimum Gasteiger partial charge on any atom is -0.480 e. The Morgan fingerprint density at radius 1 is 1.50 bits per heavy atom. The van der Waals surface area contributed by atoms with E-state index in [1.54, 1.807) is 12.1 Å². The van der Waals surface area contributed by atoms with Crippen LogP contribution in [0.1, 0.15) is 16.9 Å². The van der Waals surface area contributed by atoms with Crippen LogP contribution in [0.2, 0.25) is 0 Å². The van der Waals surface area contributed by atoms with Crippen molar-refractivity contribution in [3.63, 3.8) is 0 Å². The van der Waals surface area contributed by atoms with E-state index in [1.807, 2.05) is 0 Å². The van der Waals surface area contributed by atoms with Crippen LogP contribution in [-0.2, 0) is 4.79 Å². The molecule has 0 radical (unpaired) electrons. The third-order valence-corrected chi connectivity index (χ3v) is 3.43. The lowest BCUT2D eigenvalue weighted by molar-refractivity contribution is -0.141. The quantitative estimate of drug-likeness (QED) is 0.829. The number of hydrogen-bond donors (Lipinski definition) is 2. The number of aliphatic hydroxyl groups excluding tert-OH is 1. The van der Waals surface area contributed by atoms with Crippen molar-refractivity contribution in [3.8, 4) is 0 Å². The molecule has 2 heterocycles. The topological polar surface area (TPSA) is 90.7 Å². The Balaban J connectivity index is 2.28. The predicted molar refractivity (Wildman–Crippen MR) is 65.0 cm³/mol. The van der Waals surface area contributed by atoms with Gasteiger partial charge in [0.05, 0.1) is 6.10 Å². The van der Waals surface area contributed by atoms with Crippen molar-refractivity contribution in [3.05, 3.63) is 28.5 Å². The Kier molecular flexibility index (Phi) is 3.63. The normalized spacial score (nSPS) is 23.1. The van der Waals surface area contributed by atoms with Crippen LogP contribution in [-0.4, -0.2) is 50.7 Å². The van der Waals surface area contributed by atoms with Gasteiger partial charge in [-0.25, -0.2) is 9.78 Å². The molecule has 0 saturated carbocycles. The molecule has 1 aromatic heterocycles. The van der Waals surface area contributed by atoms with Gasteiger partial charge in [0.2, 0.25) is 0 Å². The van der Waals surface area contributed by atoms with Gasteiger partial charge in [-0.2, -0.15) is 0 Å². The van der Waals surface area contributed by atoms with E-state index in [9.17, 15) is 14.7 Å². The summed E-state index contributed by atoms with van der Waals surface area (Å²) < 4.78 is 0.500. The first-order valence-corrected chi connectivity index (χ1v) is 6.12. The number of amides is 1. The number of aromatic nitrogens is 1. The zero-order chi connectivity index (χ0) is 13.3. The number of carbonyl (C=O) groups excluding carboxylic acids is 1. The van der Waals surface area contributed by atoms with Gasteiger partial charge >= 0.3 is 5.97 Å². The molecule has 18 heavy (non-hydrogen) atoms. The fourth-order valence-corrected chi connectivity index (χ4v) is 2.38. The van der Waals surface area contributed by atoms with Crippen molar-refractivity contribution < 1.29 is 19.8 Å². The maximum Gasteiger partial charge on any atom is 0.326 e. The number of carbonyl (C=O) groups is 2. The summed E-state index contributed by atoms with van der Waals surface area (Å²) in [6.07, 6.45) is 0.698. The molecular weight excluding hydrogens is 304 g/mol. The molecule has 1 aliphatic rings. The maximum absolute atomic E-state index is 12.2. The number of hydrogen-bond acceptors (Lipinski definition) is 4. The summed E-state index contributed by atoms with van der Waals surface area (Å²) in [5.74, 6) is -1.61. The van der Waals surface area contributed by atoms with Crippen molar-refractivity contribution in [1.29, 1.82) is 0 Å². The zero-order valence-corrected chi connectivity index (χ0v) is 10.9. The monoisotopic (exact) mass is 314 g/mol. The van der Waals surface area contributed by atoms with E-state index in [1.165, 1.54) is 6.20 Å². The van der Waals surface area contributed by atoms with Gasteiger partial charge in [0.15, 0.2) is 0 Å². The second kappa shape index (κ2) is 5.03. The van der Waals surface area contributed by atoms with Gasteiger partial charge < -0.3 is 15.1 Å². The van der Waals surface area contributed by atoms with Crippen LogP contribution in [0.4, 0.5) is 0 Å². The fourth-order valence-electron chi connectivity index (χ4n) is 1.95. The summed E-state index contributed by atoms with van der Waals surface area (Å²) in [6.45, 7) is 0.0127. The summed E-state index contributed by atoms with van der Waals surface area (Å²) in [7, 11) is 0. The van der Waals surface area contributed by atoms with E-state index in [0.29, 0.717) is 4.47 Å². The Morgan fingerprint density at radius 2 is 2.22 bits per heavy atom. The molecule has 0 aliphatic carbocycles. The SMILES string of the molecule is O=C(O)[C@@H]1CC(O)CN1C(=O)c1ncccc1Br. The molecule has 1 amide bonds. The Labute approximate surface area is 111 Å². The van der Waals surface area contributed by atoms with Crippen LogP contribution < -0.4 is 0 Å². The Bertz CT molecular complexity index is 494. The molecule has 1 unspecified atom stereocenters. The standard InChI is InChI=1S/C11H11BrN2O4/c12-7-2-1-3-13-9(7)10(16)14-5-6(15)4-8(14)11(17)18/h1-3,6,8,15H,4-5H2,(H,17,18)/t6?,8-/m0/s1. The van der Waals surface area contributed by atoms with Crippen LogP contribution in [0.25, 0.3) is 0 Å². The summed E-state index contributed by atoms with van der Waals surface area (Å²) in [5.41, 5.74) is 0.151. The predicted octanol–water partition coefficient (Wildman–Crippen LogP) is 0.504. The van der Waals surface area contributed by atoms with Crippen molar-refractivity contribution in [2.24, 2.45) is 0 Å². The summed E-state index contributed by atoms with van der Waals surface area (Å²) in [4.78, 5) is 28.3. The molecule has 0 aromatic carbocycles. The highest BCUT2D eigenvalue weighted by Gasteiger charge is 2.40. The third kappa shape index (κ3) is 2.37. The average Bonchev–Trinajstić information content (AvgIpc) is 2.71. The molecule has 1 aliphatic heterocycles. The molecule has 7 heteroatoms. The lowest BCUT2D eigenvalue weighted by atomic mass is 10.2. The van der Waals surface area contributed by atoms with Crippen LogP contribution in [0.15, 0.2) is 22.8 Å². The van der Waals surface area contributed by atoms with E-state index in [4.69, 9.17) is 5.11 Å². The number of carboxylic acid groups (broad SMARTS) is 1. The minimum absolute atomic E-state index is 0.0127. The number of likely N-dealkylation sites (tertiary alicyclic amines) is 1. The zero-order valence-electron chi connectivity index (χ0n) is 9.28. The van der Waals surface area contributed by atoms with Crippen LogP contribution in [0.3, 0.4) is 0 Å². The Hall–Kier alpha value is -1.47. The van der Waals surface area contributed by atoms with Crippen LogP contribution in [0, 0.1) is 0 Å². The summed E-state index contributed by atoms with van der Waals surface area (Å²) >= 11 is 3.20. The van der Waals surface area contributed by atoms with Crippen molar-refractivity contribution in [2.75, 3.05) is 6.54 Å². The number of aliphatic hydroxyl groups is 1. The smallest absolute Gasteiger partial charge is 0.326 e. The van der Waals surface area contributed by atoms with Gasteiger partial charge in [0.25, 0.3) is 5.91 Å². The second-order valence-electron chi connectivity index (χ2n) is 4.03. The number of β-amino-alcohol motifs (C(OH)–C–C–N with tert-alkyl or cyclic N) is 1. The molecule has 1 aromatic rings. The largest absolute Gasteiger partial charge is 0.480 e. The van der Waals surface area contributed by atoms with E-state index < -0.39 is 24.0 Å². The number of carboxylic acids is 1. The third-order valence-electron chi connectivity index (χ3n) is 2.79. The highest BCUT2D eigenvalue weighted by molar-refractivity contribution is 9.10. The van der Waals surface area contributed by atoms with E-state index in [2.05, 4.69) is 20.9 Å². The number of halogens is 1. The molecule has 1 fully saturated rings. The molecule has 6 nitrogen and oxygen atoms in total. The van der Waals surface area contributed by atoms with E-state index in [-0.39, 0.29) is 18.7 Å². The molecule has 96 valence electrons. The van der Waals surface area contributed by atoms with Crippen molar-refractivity contribution in [1.82, 2.24) is 9.88 Å². The van der Waals surface area contributed by atoms with E-state index >= 15 is 0 Å². The van der Waals surface area contributed by atoms with Gasteiger partial charge in [0, 0.05) is 23.6 Å². The number of pyridine rings is 1. The van der Waals surface area contributed by atoms with Gasteiger partial charge in [-0.05, 0) is 28.1 Å². The first-order chi connectivity index (χ1) is 8.50. The molecule has 1 saturated heterocycles. The fraction of sp³-hybridized carbons (Fsp3) is 0.364. The molecule has 2 N–H and O–H groups in total. The molecule has 0 bridgehead atoms. The molecule has 2 atom stereocenters. The molecular formula is C11H11BrN2O4. The number of nitrogens with zero attached hydrogens (tertiary/aromatic N) is 2. The lowest BCUT2D eigenvalue weighted by Gasteiger charge is -2.20. The van der Waals surface area contributed by atoms with Crippen molar-refractivity contribution >= 4 is 27.8 Å². The van der Waals surface area contributed by atoms with Crippen LogP contribution >= 0.6 is 15.9 Å². The Morgan fingerprint density at radius 3 is 2.83 bits per heavy atom. The van der Waals surface area contributed by atoms with Gasteiger partial charge in [-0.3, -0.25) is 4.79 Å². The molecule has 0 spiro atoms. The van der Waals surface area contributed by atoms with Crippen molar-refractivity contribution in [2.45, 2.75) is 18.6 Å². The number of aliphatic carboxylic acids is 1. The first kappa shape index (κ1) is 13.0. The van der Waals surface area contributed by atoms with Gasteiger partial charge in [-0.1, -0.05) is 0 Å². The maximum atomic E-state index is 12.2. The summed E-state index contributed by atoms with van der Waals surface area (Å²) in [6, 6.07) is 2.32. The average molecular weight is 315 g/mol. The highest BCUT2D eigenvalue weighted by Crippen LogP contribution is 2.23.